The highest BCUT2D eigenvalue weighted by molar-refractivity contribution is 6.46. The number of dihydropyridines is 1. The lowest BCUT2D eigenvalue weighted by Crippen LogP contribution is -2.22. The maximum Gasteiger partial charge on any atom is 0.107 e. The minimum Gasteiger partial charge on any atom is -0.274 e. The number of aromatic nitrogens is 4. The summed E-state index contributed by atoms with van der Waals surface area (Å²) in [7, 11) is 3.88. The highest BCUT2D eigenvalue weighted by Crippen LogP contribution is 2.25. The van der Waals surface area contributed by atoms with Crippen LogP contribution in [0.15, 0.2) is 27.1 Å². The van der Waals surface area contributed by atoms with Crippen molar-refractivity contribution in [3.8, 4) is 0 Å². The van der Waals surface area contributed by atoms with E-state index in [0.29, 0.717) is 0 Å². The van der Waals surface area contributed by atoms with E-state index in [1.54, 1.807) is 0 Å². The van der Waals surface area contributed by atoms with Crippen LogP contribution in [-0.2, 0) is 14.1 Å². The second kappa shape index (κ2) is 7.66. The van der Waals surface area contributed by atoms with Crippen molar-refractivity contribution >= 4 is 28.5 Å². The lowest BCUT2D eigenvalue weighted by atomic mass is 10.0. The Hall–Kier alpha value is -2.83. The quantitative estimate of drug-likeness (QED) is 0.752. The summed E-state index contributed by atoms with van der Waals surface area (Å²) in [6.45, 7) is 12.1. The van der Waals surface area contributed by atoms with E-state index in [0.717, 1.165) is 57.7 Å². The topological polar surface area (TPSA) is 72.7 Å². The number of aliphatic imine (C=N–C) groups is 3. The van der Waals surface area contributed by atoms with Gasteiger partial charge >= 0.3 is 0 Å². The van der Waals surface area contributed by atoms with E-state index in [1.165, 1.54) is 0 Å². The molecule has 0 aromatic carbocycles. The summed E-state index contributed by atoms with van der Waals surface area (Å²) < 4.78 is 3.73. The Morgan fingerprint density at radius 2 is 1.46 bits per heavy atom. The summed E-state index contributed by atoms with van der Waals surface area (Å²) in [6.07, 6.45) is 5.04. The van der Waals surface area contributed by atoms with E-state index < -0.39 is 0 Å². The van der Waals surface area contributed by atoms with E-state index in [4.69, 9.17) is 15.0 Å². The Bertz CT molecular complexity index is 1030. The van der Waals surface area contributed by atoms with Crippen molar-refractivity contribution in [1.29, 1.82) is 0 Å². The third-order valence-corrected chi connectivity index (χ3v) is 5.29. The fraction of sp³-hybridized carbons (Fsp3) is 0.476. The maximum absolute atomic E-state index is 4.92. The van der Waals surface area contributed by atoms with Crippen LogP contribution in [0.4, 0.5) is 11.4 Å². The first-order chi connectivity index (χ1) is 13.2. The van der Waals surface area contributed by atoms with Crippen LogP contribution in [0.1, 0.15) is 43.0 Å². The first kappa shape index (κ1) is 19.9. The van der Waals surface area contributed by atoms with Crippen LogP contribution >= 0.6 is 0 Å². The number of hydrogen-bond donors (Lipinski definition) is 0. The molecule has 0 N–H and O–H groups in total. The lowest BCUT2D eigenvalue weighted by molar-refractivity contribution is 0.731. The molecule has 2 aromatic rings. The zero-order chi connectivity index (χ0) is 20.6. The third kappa shape index (κ3) is 3.74. The van der Waals surface area contributed by atoms with Crippen molar-refractivity contribution in [2.45, 2.75) is 54.0 Å². The molecule has 0 saturated carbocycles. The lowest BCUT2D eigenvalue weighted by Gasteiger charge is -2.16. The molecule has 1 aliphatic heterocycles. The molecule has 0 saturated heterocycles. The van der Waals surface area contributed by atoms with Crippen molar-refractivity contribution in [2.24, 2.45) is 29.1 Å². The van der Waals surface area contributed by atoms with Crippen LogP contribution in [-0.4, -0.2) is 42.7 Å². The number of rotatable bonds is 4. The molecular weight excluding hydrogens is 350 g/mol. The molecule has 3 heterocycles. The van der Waals surface area contributed by atoms with Gasteiger partial charge in [0, 0.05) is 19.8 Å². The normalized spacial score (nSPS) is 18.0. The molecule has 0 bridgehead atoms. The Morgan fingerprint density at radius 3 is 1.96 bits per heavy atom. The summed E-state index contributed by atoms with van der Waals surface area (Å²) in [4.78, 5) is 14.6. The van der Waals surface area contributed by atoms with Gasteiger partial charge in [-0.3, -0.25) is 19.3 Å². The van der Waals surface area contributed by atoms with Crippen molar-refractivity contribution < 1.29 is 0 Å². The average molecular weight is 380 g/mol. The number of allylic oxidation sites excluding steroid dienone is 1. The third-order valence-electron chi connectivity index (χ3n) is 5.29. The van der Waals surface area contributed by atoms with E-state index >= 15 is 0 Å². The molecular formula is C21H29N7. The van der Waals surface area contributed by atoms with Gasteiger partial charge in [0.25, 0.3) is 0 Å². The van der Waals surface area contributed by atoms with Crippen molar-refractivity contribution in [3.63, 3.8) is 0 Å². The number of nitrogens with zero attached hydrogens (tertiary/aromatic N) is 7. The van der Waals surface area contributed by atoms with E-state index in [1.807, 2.05) is 71.1 Å². The highest BCUT2D eigenvalue weighted by Gasteiger charge is 2.18. The minimum absolute atomic E-state index is 0.0141. The monoisotopic (exact) mass is 379 g/mol. The van der Waals surface area contributed by atoms with Crippen LogP contribution < -0.4 is 0 Å². The molecule has 0 spiro atoms. The summed E-state index contributed by atoms with van der Waals surface area (Å²) in [6, 6.07) is 0.0141. The molecule has 1 atom stereocenters. The molecule has 3 rings (SSSR count). The van der Waals surface area contributed by atoms with Gasteiger partial charge in [-0.2, -0.15) is 10.2 Å². The highest BCUT2D eigenvalue weighted by atomic mass is 15.3. The standard InChI is InChI=1S/C21H29N7/c1-12(22-20-14(3)25-27(7)16(20)5)18-10-9-11-19(24-18)13(2)23-21-15(4)26-28(8)17(21)6/h9-10,19H,11H2,1-8H3/b22-12+,23-13+. The average Bonchev–Trinajstić information content (AvgIpc) is 3.04. The minimum atomic E-state index is 0.0141. The van der Waals surface area contributed by atoms with Gasteiger partial charge in [-0.25, -0.2) is 4.99 Å². The molecule has 0 amide bonds. The predicted molar refractivity (Wildman–Crippen MR) is 116 cm³/mol. The second-order valence-electron chi connectivity index (χ2n) is 7.40. The summed E-state index contributed by atoms with van der Waals surface area (Å²) in [5, 5.41) is 8.89. The maximum atomic E-state index is 4.92. The van der Waals surface area contributed by atoms with Crippen LogP contribution in [0.25, 0.3) is 0 Å². The molecule has 1 aliphatic rings. The largest absolute Gasteiger partial charge is 0.274 e. The Kier molecular flexibility index (Phi) is 5.45. The molecule has 0 aliphatic carbocycles. The van der Waals surface area contributed by atoms with E-state index in [2.05, 4.69) is 16.3 Å². The second-order valence-corrected chi connectivity index (χ2v) is 7.40. The summed E-state index contributed by atoms with van der Waals surface area (Å²) >= 11 is 0. The van der Waals surface area contributed by atoms with Gasteiger partial charge in [-0.05, 0) is 54.0 Å². The van der Waals surface area contributed by atoms with Gasteiger partial charge in [-0.1, -0.05) is 6.08 Å². The Balaban J connectivity index is 1.91. The van der Waals surface area contributed by atoms with Gasteiger partial charge in [0.2, 0.25) is 0 Å². The Labute approximate surface area is 166 Å². The first-order valence-corrected chi connectivity index (χ1v) is 9.54. The van der Waals surface area contributed by atoms with Crippen molar-refractivity contribution in [2.75, 3.05) is 0 Å². The molecule has 7 heteroatoms. The van der Waals surface area contributed by atoms with Crippen LogP contribution in [0, 0.1) is 27.7 Å². The van der Waals surface area contributed by atoms with Gasteiger partial charge in [0.1, 0.15) is 11.4 Å². The molecule has 0 radical (unpaired) electrons. The first-order valence-electron chi connectivity index (χ1n) is 9.54. The fourth-order valence-corrected chi connectivity index (χ4v) is 3.37. The number of aryl methyl sites for hydroxylation is 4. The van der Waals surface area contributed by atoms with Crippen LogP contribution in [0.5, 0.6) is 0 Å². The summed E-state index contributed by atoms with van der Waals surface area (Å²) in [5.74, 6) is 0. The Morgan fingerprint density at radius 1 is 0.929 bits per heavy atom. The van der Waals surface area contributed by atoms with Gasteiger partial charge in [0.15, 0.2) is 0 Å². The zero-order valence-corrected chi connectivity index (χ0v) is 18.1. The molecule has 2 aromatic heterocycles. The molecule has 7 nitrogen and oxygen atoms in total. The SMILES string of the molecule is C/C(=N\c1c(C)nn(C)c1C)C1=NC(/C(C)=N/c2c(C)nn(C)c2C)CC=C1. The molecule has 28 heavy (non-hydrogen) atoms. The predicted octanol–water partition coefficient (Wildman–Crippen LogP) is 4.04. The smallest absolute Gasteiger partial charge is 0.107 e. The van der Waals surface area contributed by atoms with Crippen LogP contribution in [0.2, 0.25) is 0 Å². The van der Waals surface area contributed by atoms with Gasteiger partial charge in [-0.15, -0.1) is 0 Å². The molecule has 148 valence electrons. The molecule has 0 fully saturated rings. The van der Waals surface area contributed by atoms with Crippen molar-refractivity contribution in [1.82, 2.24) is 19.6 Å². The summed E-state index contributed by atoms with van der Waals surface area (Å²) in [5.41, 5.74) is 8.62. The number of hydrogen-bond acceptors (Lipinski definition) is 5. The van der Waals surface area contributed by atoms with E-state index in [-0.39, 0.29) is 6.04 Å². The van der Waals surface area contributed by atoms with Crippen molar-refractivity contribution in [3.05, 3.63) is 34.9 Å². The van der Waals surface area contributed by atoms with Crippen LogP contribution in [0.3, 0.4) is 0 Å². The van der Waals surface area contributed by atoms with Gasteiger partial charge < -0.3 is 0 Å². The zero-order valence-electron chi connectivity index (χ0n) is 18.1. The fourth-order valence-electron chi connectivity index (χ4n) is 3.37. The molecule has 1 unspecified atom stereocenters. The van der Waals surface area contributed by atoms with Gasteiger partial charge in [0.05, 0.1) is 40.2 Å². The van der Waals surface area contributed by atoms with E-state index in [9.17, 15) is 0 Å².